The fourth-order valence-corrected chi connectivity index (χ4v) is 2.42. The van der Waals surface area contributed by atoms with E-state index in [1.807, 2.05) is 13.2 Å². The number of amides is 2. The predicted molar refractivity (Wildman–Crippen MR) is 102 cm³/mol. The highest BCUT2D eigenvalue weighted by Gasteiger charge is 2.35. The van der Waals surface area contributed by atoms with Crippen molar-refractivity contribution in [2.24, 2.45) is 12.8 Å². The summed E-state index contributed by atoms with van der Waals surface area (Å²) in [6, 6.07) is 4.90. The van der Waals surface area contributed by atoms with Gasteiger partial charge in [-0.05, 0) is 25.1 Å². The van der Waals surface area contributed by atoms with Gasteiger partial charge in [0.05, 0.1) is 18.4 Å². The van der Waals surface area contributed by atoms with E-state index in [9.17, 15) is 14.7 Å². The van der Waals surface area contributed by atoms with Gasteiger partial charge in [-0.2, -0.15) is 5.10 Å². The molecule has 1 aromatic heterocycles. The van der Waals surface area contributed by atoms with Gasteiger partial charge in [0.1, 0.15) is 24.9 Å². The van der Waals surface area contributed by atoms with Crippen LogP contribution in [-0.2, 0) is 23.2 Å². The molecule has 0 bridgehead atoms. The standard InChI is InChI=1S/C18H24N6O4/c1-18(10-25,17(20)27)23-16(26)15(21-2)13-6-12(4-5-14(13)19)28-9-11-7-22-24(3)8-11/h4-8,25H,9-10,19H2,1-3H3,(H2,20,27)(H,23,26)/p+1. The molecule has 0 saturated carbocycles. The van der Waals surface area contributed by atoms with E-state index in [1.165, 1.54) is 14.0 Å². The SMILES string of the molecule is C[NH+]=C(C(=O)NC(C)(CO)C(N)=O)c1cc(OCc2cnn(C)c2)ccc1N. The number of primary amides is 1. The number of nitrogens with two attached hydrogens (primary N) is 2. The second-order valence-corrected chi connectivity index (χ2v) is 6.49. The number of rotatable bonds is 8. The van der Waals surface area contributed by atoms with Gasteiger partial charge in [-0.1, -0.05) is 0 Å². The number of benzene rings is 1. The Balaban J connectivity index is 2.23. The van der Waals surface area contributed by atoms with Crippen LogP contribution in [0.1, 0.15) is 18.1 Å². The highest BCUT2D eigenvalue weighted by molar-refractivity contribution is 6.44. The summed E-state index contributed by atoms with van der Waals surface area (Å²) in [6.45, 7) is 0.981. The minimum atomic E-state index is -1.61. The highest BCUT2D eigenvalue weighted by Crippen LogP contribution is 2.21. The summed E-state index contributed by atoms with van der Waals surface area (Å²) >= 11 is 0. The first-order chi connectivity index (χ1) is 13.2. The molecule has 1 aromatic carbocycles. The first-order valence-corrected chi connectivity index (χ1v) is 8.48. The molecule has 0 aliphatic rings. The van der Waals surface area contributed by atoms with E-state index in [1.54, 1.807) is 29.1 Å². The van der Waals surface area contributed by atoms with Crippen LogP contribution in [0.2, 0.25) is 0 Å². The largest absolute Gasteiger partial charge is 0.489 e. The number of aromatic nitrogens is 2. The number of carbonyl (C=O) groups excluding carboxylic acids is 2. The van der Waals surface area contributed by atoms with E-state index < -0.39 is 24.0 Å². The van der Waals surface area contributed by atoms with Gasteiger partial charge in [0, 0.05) is 24.5 Å². The summed E-state index contributed by atoms with van der Waals surface area (Å²) in [5.41, 5.74) is 11.4. The van der Waals surface area contributed by atoms with Crippen molar-refractivity contribution in [1.29, 1.82) is 0 Å². The molecule has 0 aliphatic heterocycles. The molecule has 0 fully saturated rings. The monoisotopic (exact) mass is 389 g/mol. The lowest BCUT2D eigenvalue weighted by Gasteiger charge is -2.24. The minimum Gasteiger partial charge on any atom is -0.489 e. The number of nitrogen functional groups attached to an aromatic ring is 1. The number of nitrogens with zero attached hydrogens (tertiary/aromatic N) is 2. The van der Waals surface area contributed by atoms with Crippen LogP contribution in [0.4, 0.5) is 5.69 Å². The molecular weight excluding hydrogens is 364 g/mol. The smallest absolute Gasteiger partial charge is 0.317 e. The molecule has 10 nitrogen and oxygen atoms in total. The maximum Gasteiger partial charge on any atom is 0.317 e. The summed E-state index contributed by atoms with van der Waals surface area (Å²) < 4.78 is 7.41. The van der Waals surface area contributed by atoms with Crippen LogP contribution in [0, 0.1) is 0 Å². The van der Waals surface area contributed by atoms with E-state index in [2.05, 4.69) is 15.4 Å². The van der Waals surface area contributed by atoms with Crippen LogP contribution < -0.4 is 26.5 Å². The Morgan fingerprint density at radius 3 is 2.68 bits per heavy atom. The number of ether oxygens (including phenoxy) is 1. The zero-order chi connectivity index (χ0) is 20.9. The molecule has 10 heteroatoms. The van der Waals surface area contributed by atoms with Gasteiger partial charge in [-0.3, -0.25) is 14.3 Å². The second kappa shape index (κ2) is 8.53. The van der Waals surface area contributed by atoms with Crippen molar-refractivity contribution < 1.29 is 24.4 Å². The molecule has 2 rings (SSSR count). The number of aryl methyl sites for hydroxylation is 1. The fraction of sp³-hybridized carbons (Fsp3) is 0.333. The van der Waals surface area contributed by atoms with Crippen LogP contribution in [0.25, 0.3) is 0 Å². The molecule has 1 atom stereocenters. The zero-order valence-corrected chi connectivity index (χ0v) is 16.0. The van der Waals surface area contributed by atoms with Crippen LogP contribution in [0.3, 0.4) is 0 Å². The lowest BCUT2D eigenvalue weighted by atomic mass is 10.0. The molecule has 150 valence electrons. The molecule has 0 saturated heterocycles. The van der Waals surface area contributed by atoms with E-state index in [-0.39, 0.29) is 5.71 Å². The molecule has 7 N–H and O–H groups in total. The van der Waals surface area contributed by atoms with Gasteiger partial charge in [-0.25, -0.2) is 4.99 Å². The molecule has 0 aliphatic carbocycles. The van der Waals surface area contributed by atoms with E-state index >= 15 is 0 Å². The summed E-state index contributed by atoms with van der Waals surface area (Å²) in [7, 11) is 3.35. The number of nitrogens with one attached hydrogen (secondary N) is 2. The van der Waals surface area contributed by atoms with Crippen molar-refractivity contribution in [3.8, 4) is 5.75 Å². The summed E-state index contributed by atoms with van der Waals surface area (Å²) in [5, 5.41) is 15.9. The van der Waals surface area contributed by atoms with Gasteiger partial charge in [-0.15, -0.1) is 0 Å². The molecule has 28 heavy (non-hydrogen) atoms. The zero-order valence-electron chi connectivity index (χ0n) is 16.0. The number of carbonyl (C=O) groups is 2. The first kappa shape index (κ1) is 20.9. The molecule has 0 spiro atoms. The second-order valence-electron chi connectivity index (χ2n) is 6.49. The van der Waals surface area contributed by atoms with E-state index in [0.29, 0.717) is 23.6 Å². The Hall–Kier alpha value is -3.40. The van der Waals surface area contributed by atoms with E-state index in [0.717, 1.165) is 5.56 Å². The summed E-state index contributed by atoms with van der Waals surface area (Å²) in [6.07, 6.45) is 3.52. The predicted octanol–water partition coefficient (Wildman–Crippen LogP) is -2.57. The summed E-state index contributed by atoms with van der Waals surface area (Å²) in [4.78, 5) is 27.0. The molecular formula is C18H25N6O4+. The Labute approximate surface area is 162 Å². The molecule has 0 radical (unpaired) electrons. The van der Waals surface area contributed by atoms with Gasteiger partial charge in [0.15, 0.2) is 0 Å². The van der Waals surface area contributed by atoms with Gasteiger partial charge >= 0.3 is 5.91 Å². The Morgan fingerprint density at radius 1 is 1.43 bits per heavy atom. The average molecular weight is 389 g/mol. The molecule has 2 aromatic rings. The number of hydrogen-bond acceptors (Lipinski definition) is 6. The minimum absolute atomic E-state index is 0.102. The Bertz CT molecular complexity index is 907. The maximum atomic E-state index is 12.7. The third-order valence-corrected chi connectivity index (χ3v) is 4.18. The van der Waals surface area contributed by atoms with Crippen molar-refractivity contribution in [3.05, 3.63) is 41.7 Å². The van der Waals surface area contributed by atoms with E-state index in [4.69, 9.17) is 16.2 Å². The van der Waals surface area contributed by atoms with Gasteiger partial charge in [0.2, 0.25) is 5.91 Å². The van der Waals surface area contributed by atoms with Crippen molar-refractivity contribution in [3.63, 3.8) is 0 Å². The number of aliphatic hydroxyl groups excluding tert-OH is 1. The van der Waals surface area contributed by atoms with Crippen LogP contribution in [0.15, 0.2) is 30.6 Å². The number of anilines is 1. The van der Waals surface area contributed by atoms with Crippen LogP contribution in [0.5, 0.6) is 5.75 Å². The van der Waals surface area contributed by atoms with Gasteiger partial charge < -0.3 is 26.6 Å². The highest BCUT2D eigenvalue weighted by atomic mass is 16.5. The van der Waals surface area contributed by atoms with Crippen molar-refractivity contribution in [2.75, 3.05) is 19.4 Å². The first-order valence-electron chi connectivity index (χ1n) is 8.48. The number of hydrogen-bond donors (Lipinski definition) is 5. The normalized spacial score (nSPS) is 13.6. The summed E-state index contributed by atoms with van der Waals surface area (Å²) in [5.74, 6) is -1.01. The van der Waals surface area contributed by atoms with Crippen LogP contribution >= 0.6 is 0 Å². The molecule has 1 unspecified atom stereocenters. The van der Waals surface area contributed by atoms with Gasteiger partial charge in [0.25, 0.3) is 5.71 Å². The fourth-order valence-electron chi connectivity index (χ4n) is 2.42. The van der Waals surface area contributed by atoms with Crippen LogP contribution in [-0.4, -0.2) is 51.6 Å². The lowest BCUT2D eigenvalue weighted by Crippen LogP contribution is -2.73. The topological polar surface area (TPSA) is 159 Å². The van der Waals surface area contributed by atoms with Crippen molar-refractivity contribution >= 4 is 23.2 Å². The third kappa shape index (κ3) is 4.65. The van der Waals surface area contributed by atoms with Crippen molar-refractivity contribution in [1.82, 2.24) is 15.1 Å². The van der Waals surface area contributed by atoms with Crippen molar-refractivity contribution in [2.45, 2.75) is 19.1 Å². The Morgan fingerprint density at radius 2 is 2.14 bits per heavy atom. The average Bonchev–Trinajstić information content (AvgIpc) is 3.07. The maximum absolute atomic E-state index is 12.7. The third-order valence-electron chi connectivity index (χ3n) is 4.18. The quantitative estimate of drug-likeness (QED) is 0.246. The Kier molecular flexibility index (Phi) is 6.37. The number of aliphatic hydroxyl groups is 1. The lowest BCUT2D eigenvalue weighted by molar-refractivity contribution is -0.418. The molecule has 2 amide bonds. The molecule has 1 heterocycles.